The Morgan fingerprint density at radius 1 is 0.486 bits per heavy atom. The van der Waals surface area contributed by atoms with E-state index in [1.54, 1.807) is 0 Å². The van der Waals surface area contributed by atoms with Gasteiger partial charge in [-0.25, -0.2) is 0 Å². The minimum atomic E-state index is 0.817. The largest absolute Gasteiger partial charge is 0.456 e. The number of hydrogen-bond donors (Lipinski definition) is 1. The standard InChI is InChI=1S/C33H21NO/c34-20-27-5-3-7-32-33(27)30-19-26(16-17-31(30)35-32)22-10-8-21(9-11-22)25-15-14-24-13-12-23-4-1-2-6-28(23)29(24)18-25/h1-20,34H. The highest BCUT2D eigenvalue weighted by Gasteiger charge is 2.11. The molecule has 0 radical (unpaired) electrons. The van der Waals surface area contributed by atoms with Crippen molar-refractivity contribution in [1.82, 2.24) is 0 Å². The van der Waals surface area contributed by atoms with Crippen LogP contribution in [0.3, 0.4) is 0 Å². The molecule has 0 amide bonds. The van der Waals surface area contributed by atoms with Gasteiger partial charge >= 0.3 is 0 Å². The molecule has 35 heavy (non-hydrogen) atoms. The van der Waals surface area contributed by atoms with Gasteiger partial charge in [0, 0.05) is 22.6 Å². The predicted octanol–water partition coefficient (Wildman–Crippen LogP) is 9.22. The summed E-state index contributed by atoms with van der Waals surface area (Å²) in [5, 5.41) is 14.9. The Labute approximate surface area is 202 Å². The van der Waals surface area contributed by atoms with Crippen LogP contribution in [0.15, 0.2) is 120 Å². The quantitative estimate of drug-likeness (QED) is 0.213. The number of furan rings is 1. The van der Waals surface area contributed by atoms with Gasteiger partial charge in [-0.2, -0.15) is 0 Å². The van der Waals surface area contributed by atoms with E-state index in [4.69, 9.17) is 9.83 Å². The van der Waals surface area contributed by atoms with Crippen LogP contribution in [0.5, 0.6) is 0 Å². The maximum atomic E-state index is 7.79. The average molecular weight is 448 g/mol. The minimum absolute atomic E-state index is 0.817. The maximum absolute atomic E-state index is 7.79. The summed E-state index contributed by atoms with van der Waals surface area (Å²) in [4.78, 5) is 0. The lowest BCUT2D eigenvalue weighted by atomic mass is 9.95. The molecule has 0 saturated heterocycles. The Morgan fingerprint density at radius 2 is 1.11 bits per heavy atom. The van der Waals surface area contributed by atoms with Gasteiger partial charge in [0.15, 0.2) is 0 Å². The summed E-state index contributed by atoms with van der Waals surface area (Å²) in [6.07, 6.45) is 1.39. The second kappa shape index (κ2) is 7.68. The summed E-state index contributed by atoms with van der Waals surface area (Å²) < 4.78 is 6.03. The molecule has 1 heterocycles. The summed E-state index contributed by atoms with van der Waals surface area (Å²) in [7, 11) is 0. The van der Waals surface area contributed by atoms with Crippen molar-refractivity contribution in [3.05, 3.63) is 121 Å². The average Bonchev–Trinajstić information content (AvgIpc) is 3.31. The van der Waals surface area contributed by atoms with E-state index in [0.29, 0.717) is 0 Å². The molecule has 6 aromatic carbocycles. The summed E-state index contributed by atoms with van der Waals surface area (Å²) in [6, 6.07) is 40.6. The zero-order chi connectivity index (χ0) is 23.4. The van der Waals surface area contributed by atoms with Crippen LogP contribution in [0, 0.1) is 5.41 Å². The summed E-state index contributed by atoms with van der Waals surface area (Å²) in [6.45, 7) is 0. The Hall–Kier alpha value is -4.69. The third-order valence-electron chi connectivity index (χ3n) is 6.98. The summed E-state index contributed by atoms with van der Waals surface area (Å²) in [5.74, 6) is 0. The zero-order valence-electron chi connectivity index (χ0n) is 19.0. The third-order valence-corrected chi connectivity index (χ3v) is 6.98. The Morgan fingerprint density at radius 3 is 1.89 bits per heavy atom. The van der Waals surface area contributed by atoms with Gasteiger partial charge in [0.05, 0.1) is 0 Å². The lowest BCUT2D eigenvalue weighted by molar-refractivity contribution is 0.669. The number of benzene rings is 6. The van der Waals surface area contributed by atoms with Crippen molar-refractivity contribution < 1.29 is 4.42 Å². The van der Waals surface area contributed by atoms with Crippen LogP contribution in [0.2, 0.25) is 0 Å². The molecule has 1 aromatic heterocycles. The van der Waals surface area contributed by atoms with E-state index in [9.17, 15) is 0 Å². The van der Waals surface area contributed by atoms with Gasteiger partial charge in [-0.1, -0.05) is 91.0 Å². The van der Waals surface area contributed by atoms with Crippen molar-refractivity contribution in [2.45, 2.75) is 0 Å². The molecule has 164 valence electrons. The van der Waals surface area contributed by atoms with Crippen molar-refractivity contribution in [3.8, 4) is 22.3 Å². The van der Waals surface area contributed by atoms with E-state index in [0.717, 1.165) is 38.6 Å². The molecule has 2 heteroatoms. The van der Waals surface area contributed by atoms with Crippen LogP contribution in [0.4, 0.5) is 0 Å². The van der Waals surface area contributed by atoms with Crippen LogP contribution in [0.1, 0.15) is 5.56 Å². The molecule has 0 saturated carbocycles. The maximum Gasteiger partial charge on any atom is 0.136 e. The van der Waals surface area contributed by atoms with Crippen molar-refractivity contribution in [2.24, 2.45) is 0 Å². The van der Waals surface area contributed by atoms with Crippen molar-refractivity contribution in [2.75, 3.05) is 0 Å². The van der Waals surface area contributed by atoms with E-state index in [1.807, 2.05) is 24.3 Å². The smallest absolute Gasteiger partial charge is 0.136 e. The van der Waals surface area contributed by atoms with E-state index < -0.39 is 0 Å². The van der Waals surface area contributed by atoms with E-state index in [-0.39, 0.29) is 0 Å². The highest BCUT2D eigenvalue weighted by molar-refractivity contribution is 6.13. The van der Waals surface area contributed by atoms with Crippen LogP contribution in [-0.4, -0.2) is 6.21 Å². The van der Waals surface area contributed by atoms with Gasteiger partial charge in [0.1, 0.15) is 11.2 Å². The Balaban J connectivity index is 1.31. The molecular formula is C33H21NO. The fourth-order valence-electron chi connectivity index (χ4n) is 5.19. The lowest BCUT2D eigenvalue weighted by Crippen LogP contribution is -1.83. The number of rotatable bonds is 3. The highest BCUT2D eigenvalue weighted by atomic mass is 16.3. The molecule has 0 aliphatic heterocycles. The van der Waals surface area contributed by atoms with Crippen molar-refractivity contribution in [1.29, 1.82) is 5.41 Å². The monoisotopic (exact) mass is 447 g/mol. The molecular weight excluding hydrogens is 426 g/mol. The van der Waals surface area contributed by atoms with Gasteiger partial charge in [-0.15, -0.1) is 0 Å². The van der Waals surface area contributed by atoms with Crippen LogP contribution in [0.25, 0.3) is 65.7 Å². The molecule has 0 fully saturated rings. The number of fused-ring (bicyclic) bond motifs is 6. The summed E-state index contributed by atoms with van der Waals surface area (Å²) in [5.41, 5.74) is 7.24. The molecule has 0 aliphatic carbocycles. The molecule has 1 N–H and O–H groups in total. The van der Waals surface area contributed by atoms with E-state index in [2.05, 4.69) is 91.0 Å². The highest BCUT2D eigenvalue weighted by Crippen LogP contribution is 2.35. The first-order chi connectivity index (χ1) is 17.3. The predicted molar refractivity (Wildman–Crippen MR) is 147 cm³/mol. The van der Waals surface area contributed by atoms with Crippen LogP contribution >= 0.6 is 0 Å². The van der Waals surface area contributed by atoms with E-state index >= 15 is 0 Å². The number of nitrogens with one attached hydrogen (secondary N) is 1. The lowest BCUT2D eigenvalue weighted by Gasteiger charge is -2.09. The van der Waals surface area contributed by atoms with Gasteiger partial charge < -0.3 is 9.83 Å². The van der Waals surface area contributed by atoms with E-state index in [1.165, 1.54) is 38.9 Å². The van der Waals surface area contributed by atoms with Crippen molar-refractivity contribution in [3.63, 3.8) is 0 Å². The zero-order valence-corrected chi connectivity index (χ0v) is 19.0. The molecule has 7 aromatic rings. The molecule has 0 bridgehead atoms. The summed E-state index contributed by atoms with van der Waals surface area (Å²) >= 11 is 0. The fourth-order valence-corrected chi connectivity index (χ4v) is 5.19. The SMILES string of the molecule is N=Cc1cccc2oc3ccc(-c4ccc(-c5ccc6ccc7ccccc7c6c5)cc4)cc3c12. The second-order valence-corrected chi connectivity index (χ2v) is 8.98. The first-order valence-electron chi connectivity index (χ1n) is 11.8. The second-order valence-electron chi connectivity index (χ2n) is 8.98. The van der Waals surface area contributed by atoms with Crippen molar-refractivity contribution >= 4 is 49.7 Å². The minimum Gasteiger partial charge on any atom is -0.456 e. The van der Waals surface area contributed by atoms with Gasteiger partial charge in [-0.3, -0.25) is 0 Å². The fraction of sp³-hybridized carbons (Fsp3) is 0. The molecule has 2 nitrogen and oxygen atoms in total. The Kier molecular flexibility index (Phi) is 4.33. The van der Waals surface area contributed by atoms with Crippen LogP contribution < -0.4 is 0 Å². The third kappa shape index (κ3) is 3.15. The van der Waals surface area contributed by atoms with Gasteiger partial charge in [0.2, 0.25) is 0 Å². The van der Waals surface area contributed by atoms with Crippen LogP contribution in [-0.2, 0) is 0 Å². The molecule has 7 rings (SSSR count). The molecule has 0 spiro atoms. The van der Waals surface area contributed by atoms with Gasteiger partial charge in [-0.05, 0) is 68.1 Å². The Bertz CT molecular complexity index is 1910. The molecule has 0 aliphatic rings. The van der Waals surface area contributed by atoms with Gasteiger partial charge in [0.25, 0.3) is 0 Å². The first-order valence-corrected chi connectivity index (χ1v) is 11.8. The normalized spacial score (nSPS) is 11.5. The molecule has 0 unspecified atom stereocenters. The number of hydrogen-bond acceptors (Lipinski definition) is 2. The topological polar surface area (TPSA) is 37.0 Å². The first kappa shape index (κ1) is 19.7. The molecule has 0 atom stereocenters.